The average Bonchev–Trinajstić information content (AvgIpc) is 2.64. The van der Waals surface area contributed by atoms with E-state index in [9.17, 15) is 9.59 Å². The van der Waals surface area contributed by atoms with Crippen molar-refractivity contribution in [3.63, 3.8) is 0 Å². The van der Waals surface area contributed by atoms with Gasteiger partial charge in [0.05, 0.1) is 18.2 Å². The zero-order valence-electron chi connectivity index (χ0n) is 14.7. The van der Waals surface area contributed by atoms with Crippen molar-refractivity contribution in [2.75, 3.05) is 25.1 Å². The summed E-state index contributed by atoms with van der Waals surface area (Å²) in [7, 11) is 0. The van der Waals surface area contributed by atoms with E-state index in [1.165, 1.54) is 0 Å². The molecule has 2 rings (SSSR count). The molecule has 0 aromatic heterocycles. The Morgan fingerprint density at radius 1 is 1.19 bits per heavy atom. The number of aliphatic hydroxyl groups is 1. The maximum absolute atomic E-state index is 12.2. The Bertz CT molecular complexity index is 814. The third kappa shape index (κ3) is 6.13. The van der Waals surface area contributed by atoms with Crippen molar-refractivity contribution in [2.24, 2.45) is 0 Å². The third-order valence-electron chi connectivity index (χ3n) is 3.72. The van der Waals surface area contributed by atoms with Crippen molar-refractivity contribution in [2.45, 2.75) is 13.0 Å². The number of para-hydroxylation sites is 1. The second-order valence-corrected chi connectivity index (χ2v) is 6.57. The van der Waals surface area contributed by atoms with Gasteiger partial charge in [0.15, 0.2) is 6.61 Å². The van der Waals surface area contributed by atoms with E-state index < -0.39 is 18.5 Å². The fraction of sp³-hybridized carbons (Fsp3) is 0.263. The summed E-state index contributed by atoms with van der Waals surface area (Å²) >= 11 is 12.0. The number of hydrogen-bond acceptors (Lipinski definition) is 5. The van der Waals surface area contributed by atoms with Gasteiger partial charge in [0.2, 0.25) is 0 Å². The molecule has 2 aromatic carbocycles. The number of benzene rings is 2. The Labute approximate surface area is 167 Å². The van der Waals surface area contributed by atoms with Gasteiger partial charge in [0, 0.05) is 22.3 Å². The summed E-state index contributed by atoms with van der Waals surface area (Å²) in [5, 5.41) is 15.5. The molecule has 27 heavy (non-hydrogen) atoms. The molecule has 1 atom stereocenters. The van der Waals surface area contributed by atoms with E-state index in [-0.39, 0.29) is 18.2 Å². The number of halogens is 2. The molecule has 0 radical (unpaired) electrons. The quantitative estimate of drug-likeness (QED) is 0.580. The number of ether oxygens (including phenoxy) is 1. The number of nitrogens with one attached hydrogen (secondary N) is 2. The van der Waals surface area contributed by atoms with E-state index >= 15 is 0 Å². The van der Waals surface area contributed by atoms with Crippen molar-refractivity contribution < 1.29 is 19.4 Å². The van der Waals surface area contributed by atoms with Crippen LogP contribution in [0.1, 0.15) is 28.9 Å². The van der Waals surface area contributed by atoms with Crippen molar-refractivity contribution >= 4 is 40.8 Å². The SMILES string of the molecule is C[C@H](NC(=O)COC(=O)c1ccccc1NCCO)c1ccc(Cl)cc1Cl. The second kappa shape index (κ2) is 10.2. The van der Waals surface area contributed by atoms with Crippen LogP contribution in [0.25, 0.3) is 0 Å². The van der Waals surface area contributed by atoms with E-state index in [4.69, 9.17) is 33.0 Å². The highest BCUT2D eigenvalue weighted by atomic mass is 35.5. The van der Waals surface area contributed by atoms with Gasteiger partial charge in [-0.2, -0.15) is 0 Å². The Kier molecular flexibility index (Phi) is 7.91. The van der Waals surface area contributed by atoms with Crippen LogP contribution in [-0.4, -0.2) is 36.7 Å². The maximum atomic E-state index is 12.2. The van der Waals surface area contributed by atoms with Crippen LogP contribution in [0.3, 0.4) is 0 Å². The summed E-state index contributed by atoms with van der Waals surface area (Å²) < 4.78 is 5.09. The largest absolute Gasteiger partial charge is 0.452 e. The minimum atomic E-state index is -0.636. The van der Waals surface area contributed by atoms with E-state index in [1.807, 2.05) is 0 Å². The number of amides is 1. The number of carbonyl (C=O) groups excluding carboxylic acids is 2. The topological polar surface area (TPSA) is 87.7 Å². The lowest BCUT2D eigenvalue weighted by atomic mass is 10.1. The molecule has 0 aliphatic heterocycles. The minimum absolute atomic E-state index is 0.0725. The number of carbonyl (C=O) groups is 2. The van der Waals surface area contributed by atoms with Crippen LogP contribution >= 0.6 is 23.2 Å². The molecule has 0 unspecified atom stereocenters. The van der Waals surface area contributed by atoms with Crippen LogP contribution in [0, 0.1) is 0 Å². The highest BCUT2D eigenvalue weighted by molar-refractivity contribution is 6.35. The summed E-state index contributed by atoms with van der Waals surface area (Å²) in [4.78, 5) is 24.3. The van der Waals surface area contributed by atoms with Gasteiger partial charge >= 0.3 is 5.97 Å². The number of aliphatic hydroxyl groups excluding tert-OH is 1. The summed E-state index contributed by atoms with van der Waals surface area (Å²) in [6.45, 7) is 1.56. The van der Waals surface area contributed by atoms with Gasteiger partial charge in [0.25, 0.3) is 5.91 Å². The minimum Gasteiger partial charge on any atom is -0.452 e. The predicted molar refractivity (Wildman–Crippen MR) is 105 cm³/mol. The molecule has 8 heteroatoms. The molecule has 3 N–H and O–H groups in total. The molecule has 0 fully saturated rings. The van der Waals surface area contributed by atoms with Crippen LogP contribution < -0.4 is 10.6 Å². The first-order valence-electron chi connectivity index (χ1n) is 8.27. The standard InChI is InChI=1S/C19H20Cl2N2O4/c1-12(14-7-6-13(20)10-16(14)21)23-18(25)11-27-19(26)15-4-2-3-5-17(15)22-8-9-24/h2-7,10,12,22,24H,8-9,11H2,1H3,(H,23,25)/t12-/m0/s1. The molecule has 0 aliphatic rings. The number of anilines is 1. The summed E-state index contributed by atoms with van der Waals surface area (Å²) in [6.07, 6.45) is 0. The normalized spacial score (nSPS) is 11.6. The third-order valence-corrected chi connectivity index (χ3v) is 4.28. The van der Waals surface area contributed by atoms with Crippen molar-refractivity contribution in [3.05, 3.63) is 63.6 Å². The number of esters is 1. The lowest BCUT2D eigenvalue weighted by Crippen LogP contribution is -2.31. The monoisotopic (exact) mass is 410 g/mol. The Balaban J connectivity index is 1.92. The van der Waals surface area contributed by atoms with Gasteiger partial charge in [-0.3, -0.25) is 4.79 Å². The van der Waals surface area contributed by atoms with Crippen LogP contribution in [0.15, 0.2) is 42.5 Å². The molecule has 0 heterocycles. The van der Waals surface area contributed by atoms with Gasteiger partial charge in [-0.1, -0.05) is 41.4 Å². The number of hydrogen-bond donors (Lipinski definition) is 3. The Morgan fingerprint density at radius 3 is 2.63 bits per heavy atom. The summed E-state index contributed by atoms with van der Waals surface area (Å²) in [6, 6.07) is 11.3. The zero-order chi connectivity index (χ0) is 19.8. The fourth-order valence-corrected chi connectivity index (χ4v) is 3.00. The molecule has 6 nitrogen and oxygen atoms in total. The first-order valence-corrected chi connectivity index (χ1v) is 9.03. The highest BCUT2D eigenvalue weighted by Gasteiger charge is 2.17. The summed E-state index contributed by atoms with van der Waals surface area (Å²) in [5.41, 5.74) is 1.52. The van der Waals surface area contributed by atoms with Crippen LogP contribution in [-0.2, 0) is 9.53 Å². The number of rotatable bonds is 8. The van der Waals surface area contributed by atoms with E-state index in [2.05, 4.69) is 10.6 Å². The van der Waals surface area contributed by atoms with E-state index in [0.717, 1.165) is 0 Å². The van der Waals surface area contributed by atoms with Gasteiger partial charge in [-0.15, -0.1) is 0 Å². The molecule has 0 saturated heterocycles. The lowest BCUT2D eigenvalue weighted by Gasteiger charge is -2.16. The van der Waals surface area contributed by atoms with Crippen LogP contribution in [0.4, 0.5) is 5.69 Å². The molecule has 0 aliphatic carbocycles. The van der Waals surface area contributed by atoms with Crippen molar-refractivity contribution in [1.82, 2.24) is 5.32 Å². The lowest BCUT2D eigenvalue weighted by molar-refractivity contribution is -0.124. The van der Waals surface area contributed by atoms with E-state index in [0.29, 0.717) is 27.8 Å². The van der Waals surface area contributed by atoms with Crippen LogP contribution in [0.2, 0.25) is 10.0 Å². The molecular formula is C19H20Cl2N2O4. The van der Waals surface area contributed by atoms with Gasteiger partial charge in [-0.25, -0.2) is 4.79 Å². The second-order valence-electron chi connectivity index (χ2n) is 5.73. The van der Waals surface area contributed by atoms with Gasteiger partial charge in [-0.05, 0) is 36.8 Å². The van der Waals surface area contributed by atoms with Gasteiger partial charge < -0.3 is 20.5 Å². The Morgan fingerprint density at radius 2 is 1.93 bits per heavy atom. The molecule has 2 aromatic rings. The maximum Gasteiger partial charge on any atom is 0.340 e. The zero-order valence-corrected chi connectivity index (χ0v) is 16.2. The predicted octanol–water partition coefficient (Wildman–Crippen LogP) is 3.43. The van der Waals surface area contributed by atoms with E-state index in [1.54, 1.807) is 49.4 Å². The molecular weight excluding hydrogens is 391 g/mol. The smallest absolute Gasteiger partial charge is 0.340 e. The van der Waals surface area contributed by atoms with Crippen molar-refractivity contribution in [3.8, 4) is 0 Å². The molecule has 0 bridgehead atoms. The first-order chi connectivity index (χ1) is 12.9. The van der Waals surface area contributed by atoms with Crippen molar-refractivity contribution in [1.29, 1.82) is 0 Å². The molecule has 0 spiro atoms. The fourth-order valence-electron chi connectivity index (χ4n) is 2.43. The average molecular weight is 411 g/mol. The van der Waals surface area contributed by atoms with Gasteiger partial charge in [0.1, 0.15) is 0 Å². The first kappa shape index (κ1) is 21.0. The molecule has 0 saturated carbocycles. The Hall–Kier alpha value is -2.28. The highest BCUT2D eigenvalue weighted by Crippen LogP contribution is 2.26. The molecule has 1 amide bonds. The summed E-state index contributed by atoms with van der Waals surface area (Å²) in [5.74, 6) is -1.09. The molecule has 144 valence electrons. The van der Waals surface area contributed by atoms with Crippen LogP contribution in [0.5, 0.6) is 0 Å².